The molecule has 34 heavy (non-hydrogen) atoms. The van der Waals surface area contributed by atoms with Crippen LogP contribution in [-0.4, -0.2) is 59.5 Å². The third-order valence-electron chi connectivity index (χ3n) is 6.85. The maximum absolute atomic E-state index is 11.2. The predicted octanol–water partition coefficient (Wildman–Crippen LogP) is 4.71. The summed E-state index contributed by atoms with van der Waals surface area (Å²) in [4.78, 5) is 13.5. The van der Waals surface area contributed by atoms with Crippen molar-refractivity contribution in [2.24, 2.45) is 5.92 Å². The fourth-order valence-electron chi connectivity index (χ4n) is 4.99. The van der Waals surface area contributed by atoms with Crippen molar-refractivity contribution in [2.45, 2.75) is 57.3 Å². The summed E-state index contributed by atoms with van der Waals surface area (Å²) in [7, 11) is 0. The average molecular weight is 488 g/mol. The van der Waals surface area contributed by atoms with E-state index in [-0.39, 0.29) is 18.1 Å². The molecule has 0 spiro atoms. The van der Waals surface area contributed by atoms with Gasteiger partial charge in [-0.15, -0.1) is 0 Å². The Balaban J connectivity index is 1.40. The molecule has 0 saturated carbocycles. The smallest absolute Gasteiger partial charge is 0.306 e. The fraction of sp³-hybridized carbons (Fsp3) is 0.519. The van der Waals surface area contributed by atoms with Gasteiger partial charge in [-0.05, 0) is 74.2 Å². The molecule has 184 valence electrons. The van der Waals surface area contributed by atoms with Crippen LogP contribution >= 0.6 is 11.6 Å². The average Bonchev–Trinajstić information content (AvgIpc) is 2.82. The maximum atomic E-state index is 11.2. The van der Waals surface area contributed by atoms with Crippen molar-refractivity contribution in [3.63, 3.8) is 0 Å². The minimum absolute atomic E-state index is 0.0830. The highest BCUT2D eigenvalue weighted by Gasteiger charge is 2.32. The number of aliphatic hydroxyl groups is 1. The quantitative estimate of drug-likeness (QED) is 0.561. The molecule has 6 nitrogen and oxygen atoms in total. The summed E-state index contributed by atoms with van der Waals surface area (Å²) >= 11 is 6.52. The number of benzene rings is 2. The Morgan fingerprint density at radius 1 is 1.15 bits per heavy atom. The number of rotatable bonds is 8. The van der Waals surface area contributed by atoms with Crippen molar-refractivity contribution in [2.75, 3.05) is 26.2 Å². The van der Waals surface area contributed by atoms with Crippen molar-refractivity contribution >= 4 is 17.6 Å². The molecule has 0 aliphatic carbocycles. The van der Waals surface area contributed by atoms with E-state index < -0.39 is 12.1 Å². The van der Waals surface area contributed by atoms with Crippen LogP contribution in [0.2, 0.25) is 5.02 Å². The molecule has 2 saturated heterocycles. The van der Waals surface area contributed by atoms with Gasteiger partial charge in [0.2, 0.25) is 0 Å². The second-order valence-electron chi connectivity index (χ2n) is 9.39. The van der Waals surface area contributed by atoms with Gasteiger partial charge in [0.15, 0.2) is 0 Å². The number of nitrogens with zero attached hydrogens (tertiary/aromatic N) is 1. The highest BCUT2D eigenvalue weighted by molar-refractivity contribution is 6.31. The summed E-state index contributed by atoms with van der Waals surface area (Å²) in [6.45, 7) is 4.83. The van der Waals surface area contributed by atoms with Gasteiger partial charge in [0.25, 0.3) is 0 Å². The van der Waals surface area contributed by atoms with E-state index in [0.717, 1.165) is 35.5 Å². The predicted molar refractivity (Wildman–Crippen MR) is 132 cm³/mol. The van der Waals surface area contributed by atoms with E-state index in [0.29, 0.717) is 50.3 Å². The van der Waals surface area contributed by atoms with E-state index in [4.69, 9.17) is 21.1 Å². The van der Waals surface area contributed by atoms with Gasteiger partial charge in [-0.3, -0.25) is 4.79 Å². The topological polar surface area (TPSA) is 79.2 Å². The SMILES string of the molecule is CCOc1ccc(Cc2cc(C3CC(O)CC(CN4CCC(C(=O)O)CC4)O3)ccc2Cl)cc1. The van der Waals surface area contributed by atoms with Crippen molar-refractivity contribution < 1.29 is 24.5 Å². The van der Waals surface area contributed by atoms with E-state index in [1.165, 1.54) is 0 Å². The molecule has 0 aromatic heterocycles. The zero-order valence-corrected chi connectivity index (χ0v) is 20.4. The van der Waals surface area contributed by atoms with Crippen LogP contribution in [0.25, 0.3) is 0 Å². The van der Waals surface area contributed by atoms with Crippen LogP contribution in [0.1, 0.15) is 55.4 Å². The second kappa shape index (κ2) is 11.5. The number of halogens is 1. The first kappa shape index (κ1) is 25.0. The summed E-state index contributed by atoms with van der Waals surface area (Å²) < 4.78 is 12.0. The minimum Gasteiger partial charge on any atom is -0.494 e. The zero-order valence-electron chi connectivity index (χ0n) is 19.7. The summed E-state index contributed by atoms with van der Waals surface area (Å²) in [5, 5.41) is 20.5. The first-order valence-corrected chi connectivity index (χ1v) is 12.6. The number of likely N-dealkylation sites (tertiary alicyclic amines) is 1. The number of hydrogen-bond acceptors (Lipinski definition) is 5. The summed E-state index contributed by atoms with van der Waals surface area (Å²) in [6, 6.07) is 14.1. The molecule has 2 aliphatic rings. The second-order valence-corrected chi connectivity index (χ2v) is 9.80. The van der Waals surface area contributed by atoms with Gasteiger partial charge in [-0.25, -0.2) is 0 Å². The Kier molecular flexibility index (Phi) is 8.48. The molecule has 2 aromatic rings. The molecule has 7 heteroatoms. The molecule has 2 N–H and O–H groups in total. The van der Waals surface area contributed by atoms with Crippen LogP contribution in [0.4, 0.5) is 0 Å². The van der Waals surface area contributed by atoms with Crippen LogP contribution in [0, 0.1) is 5.92 Å². The third-order valence-corrected chi connectivity index (χ3v) is 7.22. The van der Waals surface area contributed by atoms with E-state index >= 15 is 0 Å². The zero-order chi connectivity index (χ0) is 24.1. The normalized spacial score (nSPS) is 24.1. The Labute approximate surface area is 206 Å². The van der Waals surface area contributed by atoms with Crippen LogP contribution in [0.5, 0.6) is 5.75 Å². The number of aliphatic carboxylic acids is 1. The Hall–Kier alpha value is -2.12. The molecule has 4 rings (SSSR count). The van der Waals surface area contributed by atoms with E-state index in [9.17, 15) is 15.0 Å². The van der Waals surface area contributed by atoms with Crippen LogP contribution in [0.3, 0.4) is 0 Å². The molecule has 2 aliphatic heterocycles. The number of aliphatic hydroxyl groups excluding tert-OH is 1. The lowest BCUT2D eigenvalue weighted by Crippen LogP contribution is -2.44. The number of carboxylic acids is 1. The summed E-state index contributed by atoms with van der Waals surface area (Å²) in [5.41, 5.74) is 3.20. The summed E-state index contributed by atoms with van der Waals surface area (Å²) in [5.74, 6) is -0.0912. The highest BCUT2D eigenvalue weighted by Crippen LogP contribution is 2.34. The van der Waals surface area contributed by atoms with E-state index in [1.54, 1.807) is 0 Å². The number of piperidine rings is 1. The summed E-state index contributed by atoms with van der Waals surface area (Å²) in [6.07, 6.45) is 2.49. The van der Waals surface area contributed by atoms with E-state index in [2.05, 4.69) is 23.1 Å². The van der Waals surface area contributed by atoms with Gasteiger partial charge in [-0.1, -0.05) is 35.9 Å². The van der Waals surface area contributed by atoms with Crippen LogP contribution in [-0.2, 0) is 16.0 Å². The minimum atomic E-state index is -0.701. The van der Waals surface area contributed by atoms with Crippen molar-refractivity contribution in [1.82, 2.24) is 4.90 Å². The molecule has 0 bridgehead atoms. The maximum Gasteiger partial charge on any atom is 0.306 e. The lowest BCUT2D eigenvalue weighted by Gasteiger charge is -2.38. The molecular formula is C27H34ClNO5. The van der Waals surface area contributed by atoms with Gasteiger partial charge in [0.05, 0.1) is 30.8 Å². The monoisotopic (exact) mass is 487 g/mol. The fourth-order valence-corrected chi connectivity index (χ4v) is 5.18. The van der Waals surface area contributed by atoms with Crippen molar-refractivity contribution in [3.05, 3.63) is 64.2 Å². The first-order chi connectivity index (χ1) is 16.4. The standard InChI is InChI=1S/C27H34ClNO5/c1-2-33-23-6-3-18(4-7-23)13-21-14-20(5-8-25(21)28)26-16-22(30)15-24(34-26)17-29-11-9-19(10-12-29)27(31)32/h3-8,14,19,22,24,26,30H,2,9-13,15-17H2,1H3,(H,31,32). The third kappa shape index (κ3) is 6.51. The van der Waals surface area contributed by atoms with Gasteiger partial charge < -0.3 is 24.6 Å². The Bertz CT molecular complexity index is 958. The van der Waals surface area contributed by atoms with Crippen molar-refractivity contribution in [1.29, 1.82) is 0 Å². The Morgan fingerprint density at radius 3 is 2.56 bits per heavy atom. The lowest BCUT2D eigenvalue weighted by molar-refractivity contribution is -0.143. The molecule has 0 amide bonds. The molecule has 3 atom stereocenters. The van der Waals surface area contributed by atoms with Gasteiger partial charge in [0.1, 0.15) is 5.75 Å². The molecule has 2 fully saturated rings. The van der Waals surface area contributed by atoms with Crippen molar-refractivity contribution in [3.8, 4) is 5.75 Å². The molecule has 2 heterocycles. The number of ether oxygens (including phenoxy) is 2. The number of carbonyl (C=O) groups is 1. The van der Waals surface area contributed by atoms with Crippen LogP contribution in [0.15, 0.2) is 42.5 Å². The molecule has 2 aromatic carbocycles. The van der Waals surface area contributed by atoms with Crippen LogP contribution < -0.4 is 4.74 Å². The van der Waals surface area contributed by atoms with Gasteiger partial charge in [-0.2, -0.15) is 0 Å². The highest BCUT2D eigenvalue weighted by atomic mass is 35.5. The molecular weight excluding hydrogens is 454 g/mol. The largest absolute Gasteiger partial charge is 0.494 e. The number of hydrogen-bond donors (Lipinski definition) is 2. The van der Waals surface area contributed by atoms with Gasteiger partial charge in [0, 0.05) is 24.4 Å². The lowest BCUT2D eigenvalue weighted by atomic mass is 9.93. The van der Waals surface area contributed by atoms with E-state index in [1.807, 2.05) is 31.2 Å². The Morgan fingerprint density at radius 2 is 1.88 bits per heavy atom. The molecule has 3 unspecified atom stereocenters. The van der Waals surface area contributed by atoms with Gasteiger partial charge >= 0.3 is 5.97 Å². The molecule has 0 radical (unpaired) electrons. The first-order valence-electron chi connectivity index (χ1n) is 12.2. The number of carboxylic acid groups (broad SMARTS) is 1.